The van der Waals surface area contributed by atoms with Gasteiger partial charge in [-0.1, -0.05) is 24.3 Å². The van der Waals surface area contributed by atoms with Gasteiger partial charge in [-0.2, -0.15) is 5.10 Å². The van der Waals surface area contributed by atoms with E-state index in [4.69, 9.17) is 10.5 Å². The number of hydrogen-bond donors (Lipinski definition) is 1. The Labute approximate surface area is 145 Å². The number of nitrogens with two attached hydrogens (primary N) is 1. The maximum absolute atomic E-state index is 5.91. The van der Waals surface area contributed by atoms with Crippen molar-refractivity contribution in [2.75, 3.05) is 12.3 Å². The van der Waals surface area contributed by atoms with Gasteiger partial charge in [-0.3, -0.25) is 0 Å². The fraction of sp³-hybridized carbons (Fsp3) is 0.100. The number of para-hydroxylation sites is 1. The molecule has 0 aliphatic carbocycles. The molecule has 0 saturated carbocycles. The van der Waals surface area contributed by atoms with Crippen molar-refractivity contribution in [1.82, 2.24) is 14.8 Å². The molecule has 25 heavy (non-hydrogen) atoms. The molecule has 0 radical (unpaired) electrons. The Morgan fingerprint density at radius 3 is 2.64 bits per heavy atom. The first-order valence-corrected chi connectivity index (χ1v) is 8.16. The van der Waals surface area contributed by atoms with Crippen LogP contribution in [0.25, 0.3) is 16.6 Å². The minimum absolute atomic E-state index is 0.532. The second-order valence-electron chi connectivity index (χ2n) is 5.80. The lowest BCUT2D eigenvalue weighted by atomic mass is 10.2. The minimum Gasteiger partial charge on any atom is -0.493 e. The van der Waals surface area contributed by atoms with Gasteiger partial charge in [0.25, 0.3) is 0 Å². The monoisotopic (exact) mass is 330 g/mol. The molecule has 0 unspecified atom stereocenters. The smallest absolute Gasteiger partial charge is 0.123 e. The lowest BCUT2D eigenvalue weighted by Crippen LogP contribution is -2.02. The Bertz CT molecular complexity index is 978. The summed E-state index contributed by atoms with van der Waals surface area (Å²) in [4.78, 5) is 4.09. The number of aromatic nitrogens is 3. The summed E-state index contributed by atoms with van der Waals surface area (Å²) >= 11 is 0. The van der Waals surface area contributed by atoms with Crippen LogP contribution in [0.3, 0.4) is 0 Å². The van der Waals surface area contributed by atoms with Crippen molar-refractivity contribution in [1.29, 1.82) is 0 Å². The van der Waals surface area contributed by atoms with Gasteiger partial charge in [0.15, 0.2) is 0 Å². The third kappa shape index (κ3) is 3.30. The zero-order valence-electron chi connectivity index (χ0n) is 13.7. The molecule has 0 amide bonds. The lowest BCUT2D eigenvalue weighted by molar-refractivity contribution is 0.322. The molecule has 0 aliphatic rings. The van der Waals surface area contributed by atoms with Crippen molar-refractivity contribution in [3.05, 3.63) is 78.6 Å². The van der Waals surface area contributed by atoms with Gasteiger partial charge >= 0.3 is 0 Å². The molecule has 0 fully saturated rings. The summed E-state index contributed by atoms with van der Waals surface area (Å²) in [6, 6.07) is 19.9. The van der Waals surface area contributed by atoms with Crippen molar-refractivity contribution >= 4 is 16.7 Å². The standard InChI is InChI=1S/C20H18N4O/c21-20-9-6-15(13-22-20)10-11-25-18-8-7-16-14-23-24(19(16)12-18)17-4-2-1-3-5-17/h1-9,12-14H,10-11H2,(H2,21,22). The van der Waals surface area contributed by atoms with Crippen LogP contribution in [0.2, 0.25) is 0 Å². The number of anilines is 1. The van der Waals surface area contributed by atoms with Crippen LogP contribution in [0.1, 0.15) is 5.56 Å². The van der Waals surface area contributed by atoms with Gasteiger partial charge in [0.05, 0.1) is 24.0 Å². The van der Waals surface area contributed by atoms with Crippen molar-refractivity contribution in [3.8, 4) is 11.4 Å². The van der Waals surface area contributed by atoms with Crippen molar-refractivity contribution in [3.63, 3.8) is 0 Å². The SMILES string of the molecule is Nc1ccc(CCOc2ccc3cnn(-c4ccccc4)c3c2)cn1. The maximum Gasteiger partial charge on any atom is 0.123 e. The Hall–Kier alpha value is -3.34. The van der Waals surface area contributed by atoms with E-state index < -0.39 is 0 Å². The van der Waals surface area contributed by atoms with E-state index in [1.54, 1.807) is 12.3 Å². The molecule has 0 atom stereocenters. The second-order valence-corrected chi connectivity index (χ2v) is 5.80. The average Bonchev–Trinajstić information content (AvgIpc) is 3.07. The average molecular weight is 330 g/mol. The highest BCUT2D eigenvalue weighted by Gasteiger charge is 2.06. The second kappa shape index (κ2) is 6.65. The fourth-order valence-electron chi connectivity index (χ4n) is 2.73. The number of benzene rings is 2. The van der Waals surface area contributed by atoms with Gasteiger partial charge in [0, 0.05) is 24.1 Å². The predicted octanol–water partition coefficient (Wildman–Crippen LogP) is 3.62. The predicted molar refractivity (Wildman–Crippen MR) is 98.9 cm³/mol. The van der Waals surface area contributed by atoms with E-state index in [9.17, 15) is 0 Å². The number of fused-ring (bicyclic) bond motifs is 1. The highest BCUT2D eigenvalue weighted by molar-refractivity contribution is 5.81. The highest BCUT2D eigenvalue weighted by Crippen LogP contribution is 2.23. The first-order valence-electron chi connectivity index (χ1n) is 8.16. The highest BCUT2D eigenvalue weighted by atomic mass is 16.5. The van der Waals surface area contributed by atoms with Crippen LogP contribution in [0.4, 0.5) is 5.82 Å². The molecule has 0 spiro atoms. The lowest BCUT2D eigenvalue weighted by Gasteiger charge is -2.08. The molecule has 2 aromatic heterocycles. The molecule has 124 valence electrons. The van der Waals surface area contributed by atoms with Crippen molar-refractivity contribution in [2.45, 2.75) is 6.42 Å². The van der Waals surface area contributed by atoms with Crippen LogP contribution in [0.15, 0.2) is 73.1 Å². The zero-order valence-corrected chi connectivity index (χ0v) is 13.7. The first-order chi connectivity index (χ1) is 12.3. The summed E-state index contributed by atoms with van der Waals surface area (Å²) in [7, 11) is 0. The summed E-state index contributed by atoms with van der Waals surface area (Å²) in [6.45, 7) is 0.580. The van der Waals surface area contributed by atoms with Crippen LogP contribution in [-0.4, -0.2) is 21.4 Å². The Morgan fingerprint density at radius 2 is 1.84 bits per heavy atom. The largest absolute Gasteiger partial charge is 0.493 e. The Kier molecular flexibility index (Phi) is 4.04. The number of nitrogens with zero attached hydrogens (tertiary/aromatic N) is 3. The van der Waals surface area contributed by atoms with E-state index in [0.717, 1.165) is 34.3 Å². The van der Waals surface area contributed by atoms with Gasteiger partial charge in [0.2, 0.25) is 0 Å². The Morgan fingerprint density at radius 1 is 0.960 bits per heavy atom. The molecule has 2 N–H and O–H groups in total. The summed E-state index contributed by atoms with van der Waals surface area (Å²) in [5.41, 5.74) is 8.76. The first kappa shape index (κ1) is 15.2. The van der Waals surface area contributed by atoms with Gasteiger partial charge in [0.1, 0.15) is 11.6 Å². The molecule has 2 aromatic carbocycles. The van der Waals surface area contributed by atoms with E-state index in [-0.39, 0.29) is 0 Å². The minimum atomic E-state index is 0.532. The topological polar surface area (TPSA) is 66.0 Å². The number of pyridine rings is 1. The van der Waals surface area contributed by atoms with Crippen LogP contribution >= 0.6 is 0 Å². The molecule has 4 rings (SSSR count). The quantitative estimate of drug-likeness (QED) is 0.607. The summed E-state index contributed by atoms with van der Waals surface area (Å²) in [6.07, 6.45) is 4.43. The van der Waals surface area contributed by atoms with Gasteiger partial charge in [-0.25, -0.2) is 9.67 Å². The van der Waals surface area contributed by atoms with Gasteiger partial charge in [-0.15, -0.1) is 0 Å². The van der Waals surface area contributed by atoms with Gasteiger partial charge in [-0.05, 0) is 35.9 Å². The van der Waals surface area contributed by atoms with Crippen LogP contribution in [0.5, 0.6) is 5.75 Å². The number of ether oxygens (including phenoxy) is 1. The molecular formula is C20H18N4O. The zero-order chi connectivity index (χ0) is 17.1. The third-order valence-electron chi connectivity index (χ3n) is 4.05. The number of nitrogen functional groups attached to an aromatic ring is 1. The van der Waals surface area contributed by atoms with E-state index in [1.807, 2.05) is 65.5 Å². The van der Waals surface area contributed by atoms with Crippen molar-refractivity contribution < 1.29 is 4.74 Å². The third-order valence-corrected chi connectivity index (χ3v) is 4.05. The maximum atomic E-state index is 5.91. The molecule has 0 bridgehead atoms. The van der Waals surface area contributed by atoms with E-state index in [1.165, 1.54) is 0 Å². The molecule has 5 nitrogen and oxygen atoms in total. The van der Waals surface area contributed by atoms with E-state index in [2.05, 4.69) is 10.1 Å². The van der Waals surface area contributed by atoms with E-state index in [0.29, 0.717) is 12.4 Å². The normalized spacial score (nSPS) is 10.9. The van der Waals surface area contributed by atoms with E-state index >= 15 is 0 Å². The molecule has 0 aliphatic heterocycles. The summed E-state index contributed by atoms with van der Waals surface area (Å²) < 4.78 is 7.83. The molecular weight excluding hydrogens is 312 g/mol. The van der Waals surface area contributed by atoms with Crippen LogP contribution < -0.4 is 10.5 Å². The van der Waals surface area contributed by atoms with Crippen LogP contribution in [0, 0.1) is 0 Å². The molecule has 0 saturated heterocycles. The molecule has 2 heterocycles. The number of hydrogen-bond acceptors (Lipinski definition) is 4. The summed E-state index contributed by atoms with van der Waals surface area (Å²) in [5.74, 6) is 1.36. The number of rotatable bonds is 5. The Balaban J connectivity index is 1.51. The molecule has 5 heteroatoms. The van der Waals surface area contributed by atoms with Gasteiger partial charge < -0.3 is 10.5 Å². The molecule has 4 aromatic rings. The summed E-state index contributed by atoms with van der Waals surface area (Å²) in [5, 5.41) is 5.57. The van der Waals surface area contributed by atoms with Crippen LogP contribution in [-0.2, 0) is 6.42 Å². The van der Waals surface area contributed by atoms with Crippen molar-refractivity contribution in [2.24, 2.45) is 0 Å². The fourth-order valence-corrected chi connectivity index (χ4v) is 2.73.